The molecule has 0 aliphatic carbocycles. The summed E-state index contributed by atoms with van der Waals surface area (Å²) in [4.78, 5) is 17.3. The fraction of sp³-hybridized carbons (Fsp3) is 0.462. The minimum absolute atomic E-state index is 0.145. The predicted octanol–water partition coefficient (Wildman–Crippen LogP) is 1.87. The number of ether oxygens (including phenoxy) is 2. The Hall–Kier alpha value is -1.75. The van der Waals surface area contributed by atoms with Gasteiger partial charge in [-0.2, -0.15) is 0 Å². The summed E-state index contributed by atoms with van der Waals surface area (Å²) in [5, 5.41) is 1.38. The third-order valence-electron chi connectivity index (χ3n) is 2.69. The molecule has 1 saturated heterocycles. The molecule has 1 aliphatic heterocycles. The molecular weight excluding hydrogens is 234 g/mol. The minimum atomic E-state index is -0.145. The first-order chi connectivity index (χ1) is 8.76. The van der Waals surface area contributed by atoms with Crippen molar-refractivity contribution in [2.45, 2.75) is 13.3 Å². The first-order valence-electron chi connectivity index (χ1n) is 6.02. The van der Waals surface area contributed by atoms with Crippen LogP contribution in [0.5, 0.6) is 11.5 Å². The van der Waals surface area contributed by atoms with Crippen molar-refractivity contribution in [1.29, 1.82) is 0 Å². The second-order valence-electron chi connectivity index (χ2n) is 3.89. The molecule has 1 aromatic carbocycles. The molecule has 5 heteroatoms. The minimum Gasteiger partial charge on any atom is -0.493 e. The second kappa shape index (κ2) is 5.73. The molecule has 1 fully saturated rings. The number of carbonyl (C=O) groups excluding carboxylic acids is 1. The largest absolute Gasteiger partial charge is 0.493 e. The Morgan fingerprint density at radius 2 is 2.28 bits per heavy atom. The van der Waals surface area contributed by atoms with Gasteiger partial charge < -0.3 is 9.47 Å². The summed E-state index contributed by atoms with van der Waals surface area (Å²) in [5.41, 5.74) is 0.539. The van der Waals surface area contributed by atoms with Crippen molar-refractivity contribution in [1.82, 2.24) is 5.06 Å². The first kappa shape index (κ1) is 12.7. The van der Waals surface area contributed by atoms with Crippen LogP contribution >= 0.6 is 0 Å². The van der Waals surface area contributed by atoms with Crippen LogP contribution in [0.2, 0.25) is 0 Å². The number of hydrogen-bond donors (Lipinski definition) is 0. The quantitative estimate of drug-likeness (QED) is 0.819. The highest BCUT2D eigenvalue weighted by molar-refractivity contribution is 5.94. The number of amides is 1. The van der Waals surface area contributed by atoms with Crippen LogP contribution in [0.3, 0.4) is 0 Å². The molecule has 1 heterocycles. The van der Waals surface area contributed by atoms with Crippen LogP contribution in [0.15, 0.2) is 18.2 Å². The Balaban J connectivity index is 2.20. The molecule has 0 atom stereocenters. The van der Waals surface area contributed by atoms with Crippen molar-refractivity contribution in [3.05, 3.63) is 23.8 Å². The van der Waals surface area contributed by atoms with Gasteiger partial charge in [0.2, 0.25) is 0 Å². The number of hydrogen-bond acceptors (Lipinski definition) is 4. The Kier molecular flexibility index (Phi) is 4.04. The van der Waals surface area contributed by atoms with E-state index in [0.717, 1.165) is 6.42 Å². The highest BCUT2D eigenvalue weighted by atomic mass is 16.7. The molecule has 0 radical (unpaired) electrons. The normalized spacial score (nSPS) is 14.7. The number of rotatable bonds is 4. The Morgan fingerprint density at radius 1 is 1.44 bits per heavy atom. The summed E-state index contributed by atoms with van der Waals surface area (Å²) in [6.45, 7) is 3.68. The molecule has 2 rings (SSSR count). The number of hydroxylamine groups is 2. The van der Waals surface area contributed by atoms with Crippen LogP contribution in [0, 0.1) is 0 Å². The van der Waals surface area contributed by atoms with Gasteiger partial charge in [0.15, 0.2) is 11.5 Å². The van der Waals surface area contributed by atoms with Gasteiger partial charge in [0.05, 0.1) is 26.9 Å². The van der Waals surface area contributed by atoms with Crippen LogP contribution in [0.1, 0.15) is 23.7 Å². The molecule has 98 valence electrons. The first-order valence-corrected chi connectivity index (χ1v) is 6.02. The van der Waals surface area contributed by atoms with Crippen molar-refractivity contribution in [2.24, 2.45) is 0 Å². The molecule has 0 bridgehead atoms. The van der Waals surface area contributed by atoms with Crippen LogP contribution in [-0.4, -0.2) is 37.8 Å². The summed E-state index contributed by atoms with van der Waals surface area (Å²) in [7, 11) is 1.55. The van der Waals surface area contributed by atoms with Crippen molar-refractivity contribution in [3.63, 3.8) is 0 Å². The Bertz CT molecular complexity index is 427. The Labute approximate surface area is 106 Å². The van der Waals surface area contributed by atoms with Crippen LogP contribution in [-0.2, 0) is 4.84 Å². The molecule has 18 heavy (non-hydrogen) atoms. The SMILES string of the molecule is CCOc1ccc(C(=O)N2CCCO2)cc1OC. The van der Waals surface area contributed by atoms with E-state index < -0.39 is 0 Å². The monoisotopic (exact) mass is 251 g/mol. The van der Waals surface area contributed by atoms with Crippen molar-refractivity contribution in [3.8, 4) is 11.5 Å². The van der Waals surface area contributed by atoms with Gasteiger partial charge in [-0.15, -0.1) is 0 Å². The van der Waals surface area contributed by atoms with E-state index in [1.807, 2.05) is 6.92 Å². The maximum Gasteiger partial charge on any atom is 0.277 e. The van der Waals surface area contributed by atoms with Crippen LogP contribution in [0.4, 0.5) is 0 Å². The van der Waals surface area contributed by atoms with Crippen LogP contribution in [0.25, 0.3) is 0 Å². The molecule has 1 aliphatic rings. The lowest BCUT2D eigenvalue weighted by Crippen LogP contribution is -2.26. The van der Waals surface area contributed by atoms with E-state index in [-0.39, 0.29) is 5.91 Å². The zero-order chi connectivity index (χ0) is 13.0. The van der Waals surface area contributed by atoms with Crippen molar-refractivity contribution < 1.29 is 19.1 Å². The van der Waals surface area contributed by atoms with Gasteiger partial charge in [-0.25, -0.2) is 5.06 Å². The number of nitrogens with zero attached hydrogens (tertiary/aromatic N) is 1. The standard InChI is InChI=1S/C13H17NO4/c1-3-17-11-6-5-10(9-12(11)16-2)13(15)14-7-4-8-18-14/h5-6,9H,3-4,7-8H2,1-2H3. The lowest BCUT2D eigenvalue weighted by molar-refractivity contribution is -0.0768. The second-order valence-corrected chi connectivity index (χ2v) is 3.89. The van der Waals surface area contributed by atoms with E-state index in [9.17, 15) is 4.79 Å². The molecule has 0 unspecified atom stereocenters. The summed E-state index contributed by atoms with van der Waals surface area (Å²) in [6.07, 6.45) is 0.875. The molecule has 5 nitrogen and oxygen atoms in total. The van der Waals surface area contributed by atoms with Gasteiger partial charge in [-0.1, -0.05) is 0 Å². The van der Waals surface area contributed by atoms with Gasteiger partial charge in [0, 0.05) is 5.56 Å². The van der Waals surface area contributed by atoms with E-state index in [0.29, 0.717) is 36.8 Å². The molecule has 0 spiro atoms. The number of methoxy groups -OCH3 is 1. The molecule has 1 aromatic rings. The zero-order valence-corrected chi connectivity index (χ0v) is 10.6. The predicted molar refractivity (Wildman–Crippen MR) is 65.8 cm³/mol. The zero-order valence-electron chi connectivity index (χ0n) is 10.6. The lowest BCUT2D eigenvalue weighted by Gasteiger charge is -2.15. The van der Waals surface area contributed by atoms with E-state index >= 15 is 0 Å². The highest BCUT2D eigenvalue weighted by Crippen LogP contribution is 2.28. The molecule has 1 amide bonds. The van der Waals surface area contributed by atoms with Gasteiger partial charge in [0.25, 0.3) is 5.91 Å². The fourth-order valence-corrected chi connectivity index (χ4v) is 1.83. The maximum atomic E-state index is 12.1. The molecular formula is C13H17NO4. The maximum absolute atomic E-state index is 12.1. The van der Waals surface area contributed by atoms with Crippen molar-refractivity contribution >= 4 is 5.91 Å². The average molecular weight is 251 g/mol. The topological polar surface area (TPSA) is 48.0 Å². The van der Waals surface area contributed by atoms with Crippen LogP contribution < -0.4 is 9.47 Å². The highest BCUT2D eigenvalue weighted by Gasteiger charge is 2.21. The van der Waals surface area contributed by atoms with Crippen molar-refractivity contribution in [2.75, 3.05) is 26.9 Å². The van der Waals surface area contributed by atoms with Gasteiger partial charge in [0.1, 0.15) is 0 Å². The number of benzene rings is 1. The Morgan fingerprint density at radius 3 is 2.89 bits per heavy atom. The van der Waals surface area contributed by atoms with Gasteiger partial charge in [-0.3, -0.25) is 9.63 Å². The third kappa shape index (κ3) is 2.56. The van der Waals surface area contributed by atoms with E-state index in [2.05, 4.69) is 0 Å². The van der Waals surface area contributed by atoms with Gasteiger partial charge in [-0.05, 0) is 31.5 Å². The number of carbonyl (C=O) groups is 1. The summed E-state index contributed by atoms with van der Waals surface area (Å²) in [6, 6.07) is 5.14. The van der Waals surface area contributed by atoms with E-state index in [1.54, 1.807) is 25.3 Å². The van der Waals surface area contributed by atoms with E-state index in [4.69, 9.17) is 14.3 Å². The molecule has 0 N–H and O–H groups in total. The summed E-state index contributed by atoms with van der Waals surface area (Å²) >= 11 is 0. The molecule has 0 saturated carbocycles. The molecule has 0 aromatic heterocycles. The van der Waals surface area contributed by atoms with E-state index in [1.165, 1.54) is 5.06 Å². The smallest absolute Gasteiger partial charge is 0.277 e. The fourth-order valence-electron chi connectivity index (χ4n) is 1.83. The van der Waals surface area contributed by atoms with Gasteiger partial charge >= 0.3 is 0 Å². The summed E-state index contributed by atoms with van der Waals surface area (Å²) < 4.78 is 10.6. The summed E-state index contributed by atoms with van der Waals surface area (Å²) in [5.74, 6) is 1.05. The lowest BCUT2D eigenvalue weighted by atomic mass is 10.2. The average Bonchev–Trinajstić information content (AvgIpc) is 2.92. The third-order valence-corrected chi connectivity index (χ3v) is 2.69.